The molecule has 5 nitrogen and oxygen atoms in total. The molecule has 0 aliphatic carbocycles. The fourth-order valence-corrected chi connectivity index (χ4v) is 3.21. The third-order valence-corrected chi connectivity index (χ3v) is 4.66. The maximum atomic E-state index is 12.6. The third kappa shape index (κ3) is 3.78. The summed E-state index contributed by atoms with van der Waals surface area (Å²) in [6.45, 7) is 6.37. The number of nitrogens with zero attached hydrogens (tertiary/aromatic N) is 3. The molecule has 3 rings (SSSR count). The minimum Gasteiger partial charge on any atom is -0.481 e. The lowest BCUT2D eigenvalue weighted by molar-refractivity contribution is -0.139. The number of carbonyl (C=O) groups is 1. The van der Waals surface area contributed by atoms with Crippen molar-refractivity contribution in [2.45, 2.75) is 45.3 Å². The van der Waals surface area contributed by atoms with Gasteiger partial charge in [0.1, 0.15) is 5.75 Å². The van der Waals surface area contributed by atoms with E-state index in [2.05, 4.69) is 18.2 Å². The second-order valence-electron chi connectivity index (χ2n) is 6.30. The minimum absolute atomic E-state index is 0.0709. The van der Waals surface area contributed by atoms with Crippen molar-refractivity contribution in [3.63, 3.8) is 0 Å². The van der Waals surface area contributed by atoms with Crippen LogP contribution in [0.4, 0.5) is 0 Å². The summed E-state index contributed by atoms with van der Waals surface area (Å²) in [7, 11) is 0. The molecule has 2 aromatic rings. The van der Waals surface area contributed by atoms with E-state index in [0.717, 1.165) is 38.2 Å². The van der Waals surface area contributed by atoms with Crippen molar-refractivity contribution in [2.24, 2.45) is 0 Å². The molecule has 0 spiro atoms. The molecule has 1 aliphatic heterocycles. The SMILES string of the molecule is CCn1cc(C2CCN(C(=O)[C@@H](C)Oc3ccccc3)CC2)cn1. The van der Waals surface area contributed by atoms with E-state index in [1.165, 1.54) is 5.56 Å². The van der Waals surface area contributed by atoms with Gasteiger partial charge in [-0.05, 0) is 50.3 Å². The Labute approximate surface area is 143 Å². The molecule has 0 radical (unpaired) electrons. The van der Waals surface area contributed by atoms with Crippen LogP contribution in [0.5, 0.6) is 5.75 Å². The van der Waals surface area contributed by atoms with Gasteiger partial charge in [0.05, 0.1) is 6.20 Å². The second kappa shape index (κ2) is 7.51. The standard InChI is InChI=1S/C19H25N3O2/c1-3-22-14-17(13-20-22)16-9-11-21(12-10-16)19(23)15(2)24-18-7-5-4-6-8-18/h4-8,13-16H,3,9-12H2,1-2H3/t15-/m1/s1. The minimum atomic E-state index is -0.452. The van der Waals surface area contributed by atoms with Crippen LogP contribution in [-0.2, 0) is 11.3 Å². The highest BCUT2D eigenvalue weighted by Gasteiger charge is 2.28. The van der Waals surface area contributed by atoms with Gasteiger partial charge in [-0.15, -0.1) is 0 Å². The van der Waals surface area contributed by atoms with E-state index in [9.17, 15) is 4.79 Å². The van der Waals surface area contributed by atoms with Gasteiger partial charge in [-0.2, -0.15) is 5.10 Å². The summed E-state index contributed by atoms with van der Waals surface area (Å²) < 4.78 is 7.72. The summed E-state index contributed by atoms with van der Waals surface area (Å²) in [6, 6.07) is 9.51. The normalized spacial score (nSPS) is 16.8. The molecule has 1 aliphatic rings. The molecule has 1 aromatic carbocycles. The predicted octanol–water partition coefficient (Wildman–Crippen LogP) is 3.08. The highest BCUT2D eigenvalue weighted by atomic mass is 16.5. The number of piperidine rings is 1. The van der Waals surface area contributed by atoms with Crippen molar-refractivity contribution >= 4 is 5.91 Å². The lowest BCUT2D eigenvalue weighted by atomic mass is 9.91. The van der Waals surface area contributed by atoms with Gasteiger partial charge in [0.2, 0.25) is 0 Å². The lowest BCUT2D eigenvalue weighted by Crippen LogP contribution is -2.44. The second-order valence-corrected chi connectivity index (χ2v) is 6.30. The van der Waals surface area contributed by atoms with Gasteiger partial charge in [0.25, 0.3) is 5.91 Å². The molecule has 24 heavy (non-hydrogen) atoms. The summed E-state index contributed by atoms with van der Waals surface area (Å²) in [5.41, 5.74) is 1.29. The van der Waals surface area contributed by atoms with Crippen LogP contribution in [0.2, 0.25) is 0 Å². The van der Waals surface area contributed by atoms with Crippen LogP contribution in [0.1, 0.15) is 38.2 Å². The van der Waals surface area contributed by atoms with Crippen LogP contribution < -0.4 is 4.74 Å². The highest BCUT2D eigenvalue weighted by Crippen LogP contribution is 2.28. The first-order chi connectivity index (χ1) is 11.7. The molecule has 5 heteroatoms. The van der Waals surface area contributed by atoms with Crippen LogP contribution in [-0.4, -0.2) is 39.8 Å². The van der Waals surface area contributed by atoms with Gasteiger partial charge >= 0.3 is 0 Å². The summed E-state index contributed by atoms with van der Waals surface area (Å²) >= 11 is 0. The summed E-state index contributed by atoms with van der Waals surface area (Å²) in [4.78, 5) is 14.5. The first kappa shape index (κ1) is 16.6. The third-order valence-electron chi connectivity index (χ3n) is 4.66. The van der Waals surface area contributed by atoms with Gasteiger partial charge in [-0.3, -0.25) is 9.48 Å². The topological polar surface area (TPSA) is 47.4 Å². The Kier molecular flexibility index (Phi) is 5.18. The molecule has 1 amide bonds. The predicted molar refractivity (Wildman–Crippen MR) is 93.0 cm³/mol. The Hall–Kier alpha value is -2.30. The number of ether oxygens (including phenoxy) is 1. The van der Waals surface area contributed by atoms with E-state index in [4.69, 9.17) is 4.74 Å². The van der Waals surface area contributed by atoms with Gasteiger partial charge in [-0.1, -0.05) is 18.2 Å². The molecule has 0 saturated carbocycles. The van der Waals surface area contributed by atoms with Crippen LogP contribution >= 0.6 is 0 Å². The number of para-hydroxylation sites is 1. The first-order valence-electron chi connectivity index (χ1n) is 8.70. The average molecular weight is 327 g/mol. The van der Waals surface area contributed by atoms with E-state index in [-0.39, 0.29) is 5.91 Å². The van der Waals surface area contributed by atoms with Crippen LogP contribution in [0, 0.1) is 0 Å². The Morgan fingerprint density at radius 1 is 1.29 bits per heavy atom. The molecule has 0 unspecified atom stereocenters. The maximum absolute atomic E-state index is 12.6. The van der Waals surface area contributed by atoms with Crippen molar-refractivity contribution < 1.29 is 9.53 Å². The molecule has 1 aromatic heterocycles. The van der Waals surface area contributed by atoms with Crippen molar-refractivity contribution in [2.75, 3.05) is 13.1 Å². The molecule has 0 bridgehead atoms. The lowest BCUT2D eigenvalue weighted by Gasteiger charge is -2.33. The zero-order valence-corrected chi connectivity index (χ0v) is 14.4. The number of carbonyl (C=O) groups excluding carboxylic acids is 1. The summed E-state index contributed by atoms with van der Waals surface area (Å²) in [6.07, 6.45) is 5.61. The summed E-state index contributed by atoms with van der Waals surface area (Å²) in [5.74, 6) is 1.31. The van der Waals surface area contributed by atoms with Crippen LogP contribution in [0.3, 0.4) is 0 Å². The number of hydrogen-bond donors (Lipinski definition) is 0. The smallest absolute Gasteiger partial charge is 0.263 e. The molecule has 1 fully saturated rings. The molecule has 1 saturated heterocycles. The van der Waals surface area contributed by atoms with E-state index >= 15 is 0 Å². The van der Waals surface area contributed by atoms with Crippen molar-refractivity contribution in [3.05, 3.63) is 48.3 Å². The molecular weight excluding hydrogens is 302 g/mol. The van der Waals surface area contributed by atoms with Crippen molar-refractivity contribution in [3.8, 4) is 5.75 Å². The highest BCUT2D eigenvalue weighted by molar-refractivity contribution is 5.81. The maximum Gasteiger partial charge on any atom is 0.263 e. The number of aryl methyl sites for hydroxylation is 1. The van der Waals surface area contributed by atoms with E-state index in [1.807, 2.05) is 53.0 Å². The number of likely N-dealkylation sites (tertiary alicyclic amines) is 1. The largest absolute Gasteiger partial charge is 0.481 e. The Morgan fingerprint density at radius 2 is 2.00 bits per heavy atom. The van der Waals surface area contributed by atoms with Gasteiger partial charge < -0.3 is 9.64 Å². The fourth-order valence-electron chi connectivity index (χ4n) is 3.21. The first-order valence-corrected chi connectivity index (χ1v) is 8.70. The monoisotopic (exact) mass is 327 g/mol. The van der Waals surface area contributed by atoms with Gasteiger partial charge in [-0.25, -0.2) is 0 Å². The fraction of sp³-hybridized carbons (Fsp3) is 0.474. The summed E-state index contributed by atoms with van der Waals surface area (Å²) in [5, 5.41) is 4.36. The number of amides is 1. The quantitative estimate of drug-likeness (QED) is 0.848. The van der Waals surface area contributed by atoms with Crippen molar-refractivity contribution in [1.29, 1.82) is 0 Å². The number of benzene rings is 1. The van der Waals surface area contributed by atoms with Crippen molar-refractivity contribution in [1.82, 2.24) is 14.7 Å². The molecule has 0 N–H and O–H groups in total. The Morgan fingerprint density at radius 3 is 2.62 bits per heavy atom. The number of hydrogen-bond acceptors (Lipinski definition) is 3. The van der Waals surface area contributed by atoms with Gasteiger partial charge in [0.15, 0.2) is 6.10 Å². The molecule has 1 atom stereocenters. The molecular formula is C19H25N3O2. The van der Waals surface area contributed by atoms with E-state index in [1.54, 1.807) is 0 Å². The average Bonchev–Trinajstić information content (AvgIpc) is 3.11. The Bertz CT molecular complexity index is 660. The zero-order chi connectivity index (χ0) is 16.9. The number of rotatable bonds is 5. The van der Waals surface area contributed by atoms with Gasteiger partial charge in [0, 0.05) is 25.8 Å². The van der Waals surface area contributed by atoms with Crippen LogP contribution in [0.25, 0.3) is 0 Å². The molecule has 2 heterocycles. The van der Waals surface area contributed by atoms with E-state index in [0.29, 0.717) is 5.92 Å². The van der Waals surface area contributed by atoms with Crippen LogP contribution in [0.15, 0.2) is 42.7 Å². The van der Waals surface area contributed by atoms with E-state index < -0.39 is 6.10 Å². The number of aromatic nitrogens is 2. The Balaban J connectivity index is 1.53. The molecule has 128 valence electrons. The zero-order valence-electron chi connectivity index (χ0n) is 14.4.